The number of rotatable bonds is 0. The van der Waals surface area contributed by atoms with E-state index >= 15 is 0 Å². The first kappa shape index (κ1) is 9.40. The van der Waals surface area contributed by atoms with Gasteiger partial charge in [-0.15, -0.1) is 0 Å². The Morgan fingerprint density at radius 1 is 1.50 bits per heavy atom. The van der Waals surface area contributed by atoms with Gasteiger partial charge < -0.3 is 5.73 Å². The lowest BCUT2D eigenvalue weighted by Crippen LogP contribution is -2.08. The smallest absolute Gasteiger partial charge is 0.375 e. The fourth-order valence-corrected chi connectivity index (χ4v) is 1.45. The molecule has 0 spiro atoms. The molecular formula is C5H3F3N2S2. The third-order valence-corrected chi connectivity index (χ3v) is 1.97. The highest BCUT2D eigenvalue weighted by Gasteiger charge is 2.32. The Morgan fingerprint density at radius 2 is 2.08 bits per heavy atom. The van der Waals surface area contributed by atoms with Gasteiger partial charge in [0.15, 0.2) is 5.13 Å². The third kappa shape index (κ3) is 2.15. The molecule has 0 atom stereocenters. The molecule has 0 aliphatic heterocycles. The molecule has 1 aromatic rings. The molecule has 1 aromatic heterocycles. The van der Waals surface area contributed by atoms with Crippen LogP contribution in [0.15, 0.2) is 6.07 Å². The van der Waals surface area contributed by atoms with Gasteiger partial charge in [0, 0.05) is 0 Å². The second-order valence-electron chi connectivity index (χ2n) is 1.90. The van der Waals surface area contributed by atoms with Crippen molar-refractivity contribution < 1.29 is 13.2 Å². The van der Waals surface area contributed by atoms with E-state index in [4.69, 9.17) is 5.73 Å². The van der Waals surface area contributed by atoms with Crippen LogP contribution in [0.4, 0.5) is 18.3 Å². The lowest BCUT2D eigenvalue weighted by Gasteiger charge is -2.04. The average Bonchev–Trinajstić information content (AvgIpc) is 1.82. The highest BCUT2D eigenvalue weighted by molar-refractivity contribution is 7.73. The number of aromatic nitrogens is 1. The Labute approximate surface area is 74.9 Å². The number of hydrogen-bond acceptors (Lipinski definition) is 4. The molecular weight excluding hydrogens is 209 g/mol. The molecule has 0 bridgehead atoms. The van der Waals surface area contributed by atoms with Gasteiger partial charge in [0.25, 0.3) is 0 Å². The van der Waals surface area contributed by atoms with Crippen molar-refractivity contribution in [3.63, 3.8) is 0 Å². The Hall–Kier alpha value is -0.690. The van der Waals surface area contributed by atoms with Crippen LogP contribution < -0.4 is 5.73 Å². The van der Waals surface area contributed by atoms with Crippen LogP contribution >= 0.6 is 23.6 Å². The van der Waals surface area contributed by atoms with Crippen LogP contribution in [0.5, 0.6) is 0 Å². The van der Waals surface area contributed by atoms with Crippen molar-refractivity contribution in [1.82, 2.24) is 4.98 Å². The highest BCUT2D eigenvalue weighted by Crippen LogP contribution is 2.29. The Morgan fingerprint density at radius 3 is 2.50 bits per heavy atom. The summed E-state index contributed by atoms with van der Waals surface area (Å²) in [6.07, 6.45) is -4.48. The van der Waals surface area contributed by atoms with Gasteiger partial charge in [-0.2, -0.15) is 13.2 Å². The van der Waals surface area contributed by atoms with Gasteiger partial charge in [0.05, 0.1) is 3.82 Å². The summed E-state index contributed by atoms with van der Waals surface area (Å²) in [4.78, 5) is 3.11. The second kappa shape index (κ2) is 2.98. The van der Waals surface area contributed by atoms with Gasteiger partial charge in [0.1, 0.15) is 5.69 Å². The summed E-state index contributed by atoms with van der Waals surface area (Å²) < 4.78 is 36.0. The summed E-state index contributed by atoms with van der Waals surface area (Å²) in [6.45, 7) is 0. The zero-order valence-electron chi connectivity index (χ0n) is 5.55. The minimum atomic E-state index is -4.48. The first-order chi connectivity index (χ1) is 5.39. The van der Waals surface area contributed by atoms with E-state index in [-0.39, 0.29) is 8.96 Å². The monoisotopic (exact) mass is 212 g/mol. The van der Waals surface area contributed by atoms with E-state index in [1.807, 2.05) is 0 Å². The van der Waals surface area contributed by atoms with Crippen LogP contribution in [0, 0.1) is 3.82 Å². The molecule has 2 nitrogen and oxygen atoms in total. The molecule has 0 fully saturated rings. The summed E-state index contributed by atoms with van der Waals surface area (Å²) in [5.74, 6) is 0. The second-order valence-corrected chi connectivity index (χ2v) is 3.66. The van der Waals surface area contributed by atoms with Crippen molar-refractivity contribution in [3.8, 4) is 0 Å². The maximum Gasteiger partial charge on any atom is 0.433 e. The number of hydrogen-bond donors (Lipinski definition) is 1. The van der Waals surface area contributed by atoms with E-state index in [1.54, 1.807) is 0 Å². The van der Waals surface area contributed by atoms with Crippen LogP contribution in [0.2, 0.25) is 0 Å². The van der Waals surface area contributed by atoms with E-state index in [1.165, 1.54) is 0 Å². The van der Waals surface area contributed by atoms with Crippen LogP contribution in [-0.2, 0) is 6.18 Å². The van der Waals surface area contributed by atoms with Crippen LogP contribution in [0.3, 0.4) is 0 Å². The summed E-state index contributed by atoms with van der Waals surface area (Å²) in [7, 11) is 0. The van der Waals surface area contributed by atoms with Gasteiger partial charge in [-0.05, 0) is 6.07 Å². The molecule has 0 aromatic carbocycles. The van der Waals surface area contributed by atoms with E-state index < -0.39 is 11.9 Å². The quantitative estimate of drug-likeness (QED) is 0.671. The normalized spacial score (nSPS) is 11.6. The molecule has 12 heavy (non-hydrogen) atoms. The highest BCUT2D eigenvalue weighted by atomic mass is 32.1. The van der Waals surface area contributed by atoms with E-state index in [0.717, 1.165) is 17.4 Å². The van der Waals surface area contributed by atoms with Gasteiger partial charge >= 0.3 is 6.18 Å². The molecule has 0 saturated carbocycles. The number of halogens is 3. The average molecular weight is 212 g/mol. The summed E-state index contributed by atoms with van der Waals surface area (Å²) in [5.41, 5.74) is 4.06. The topological polar surface area (TPSA) is 38.9 Å². The standard InChI is InChI=1S/C5H3F3N2S2/c6-5(7,8)2-1-3(11)12-4(9)10-2/h1H,(H2,9,10). The van der Waals surface area contributed by atoms with Crippen molar-refractivity contribution in [2.75, 3.05) is 5.73 Å². The largest absolute Gasteiger partial charge is 0.433 e. The molecule has 1 heterocycles. The van der Waals surface area contributed by atoms with Gasteiger partial charge in [-0.25, -0.2) is 4.98 Å². The van der Waals surface area contributed by atoms with E-state index in [9.17, 15) is 13.2 Å². The van der Waals surface area contributed by atoms with Crippen LogP contribution in [0.25, 0.3) is 0 Å². The third-order valence-electron chi connectivity index (χ3n) is 0.981. The first-order valence-electron chi connectivity index (χ1n) is 2.74. The SMILES string of the molecule is Nc1nc(C(F)(F)F)cc(=S)s1. The van der Waals surface area contributed by atoms with Crippen molar-refractivity contribution in [3.05, 3.63) is 15.6 Å². The number of nitrogen functional groups attached to an aromatic ring is 1. The zero-order chi connectivity index (χ0) is 9.35. The molecule has 0 radical (unpaired) electrons. The van der Waals surface area contributed by atoms with Crippen molar-refractivity contribution in [1.29, 1.82) is 0 Å². The number of nitrogens with zero attached hydrogens (tertiary/aromatic N) is 1. The minimum absolute atomic E-state index is 0.0785. The predicted octanol–water partition coefficient (Wildman–Crippen LogP) is 2.47. The maximum atomic E-state index is 12.0. The maximum absolute atomic E-state index is 12.0. The number of alkyl halides is 3. The first-order valence-corrected chi connectivity index (χ1v) is 3.97. The van der Waals surface area contributed by atoms with E-state index in [2.05, 4.69) is 17.2 Å². The van der Waals surface area contributed by atoms with Crippen molar-refractivity contribution >= 4 is 28.7 Å². The minimum Gasteiger partial charge on any atom is -0.375 e. The lowest BCUT2D eigenvalue weighted by molar-refractivity contribution is -0.141. The van der Waals surface area contributed by atoms with Gasteiger partial charge in [-0.3, -0.25) is 0 Å². The molecule has 7 heteroatoms. The molecule has 0 unspecified atom stereocenters. The van der Waals surface area contributed by atoms with Crippen LogP contribution in [0.1, 0.15) is 5.69 Å². The molecule has 0 saturated heterocycles. The summed E-state index contributed by atoms with van der Waals surface area (Å²) in [5, 5.41) is -0.171. The molecule has 2 N–H and O–H groups in total. The molecule has 0 aliphatic carbocycles. The summed E-state index contributed by atoms with van der Waals surface area (Å²) in [6, 6.07) is 0.788. The summed E-state index contributed by atoms with van der Waals surface area (Å²) >= 11 is 5.40. The van der Waals surface area contributed by atoms with E-state index in [0.29, 0.717) is 0 Å². The van der Waals surface area contributed by atoms with Crippen LogP contribution in [-0.4, -0.2) is 4.98 Å². The molecule has 0 amide bonds. The Kier molecular flexibility index (Phi) is 2.34. The molecule has 0 aliphatic rings. The van der Waals surface area contributed by atoms with Crippen molar-refractivity contribution in [2.24, 2.45) is 0 Å². The predicted molar refractivity (Wildman–Crippen MR) is 42.4 cm³/mol. The number of anilines is 1. The fraction of sp³-hybridized carbons (Fsp3) is 0.200. The zero-order valence-corrected chi connectivity index (χ0v) is 7.19. The Balaban J connectivity index is 3.27. The molecule has 66 valence electrons. The number of nitrogens with two attached hydrogens (primary N) is 1. The van der Waals surface area contributed by atoms with Gasteiger partial charge in [-0.1, -0.05) is 23.6 Å². The van der Waals surface area contributed by atoms with Crippen molar-refractivity contribution in [2.45, 2.75) is 6.18 Å². The Bertz CT molecular complexity index is 343. The fourth-order valence-electron chi connectivity index (χ4n) is 0.563. The molecule has 1 rings (SSSR count). The lowest BCUT2D eigenvalue weighted by atomic mass is 10.4. The van der Waals surface area contributed by atoms with Gasteiger partial charge in [0.2, 0.25) is 0 Å².